The van der Waals surface area contributed by atoms with E-state index in [9.17, 15) is 10.1 Å². The summed E-state index contributed by atoms with van der Waals surface area (Å²) < 4.78 is 1.46. The second kappa shape index (κ2) is 5.34. The molecule has 0 unspecified atom stereocenters. The number of aryl methyl sites for hydroxylation is 2. The van der Waals surface area contributed by atoms with Crippen LogP contribution in [0.15, 0.2) is 35.3 Å². The average molecular weight is 266 g/mol. The number of benzene rings is 1. The topological polar surface area (TPSA) is 45.8 Å². The quantitative estimate of drug-likeness (QED) is 0.836. The molecule has 0 aliphatic heterocycles. The lowest BCUT2D eigenvalue weighted by Gasteiger charge is -2.12. The number of aromatic nitrogens is 1. The maximum absolute atomic E-state index is 12.1. The Morgan fingerprint density at radius 1 is 1.20 bits per heavy atom. The Kier molecular flexibility index (Phi) is 3.76. The first-order valence-electron chi connectivity index (χ1n) is 6.66. The van der Waals surface area contributed by atoms with Crippen LogP contribution >= 0.6 is 0 Å². The first-order valence-corrected chi connectivity index (χ1v) is 6.66. The molecule has 0 aliphatic rings. The van der Waals surface area contributed by atoms with Crippen molar-refractivity contribution < 1.29 is 0 Å². The number of nitriles is 1. The predicted molar refractivity (Wildman–Crippen MR) is 80.7 cm³/mol. The highest BCUT2D eigenvalue weighted by atomic mass is 16.1. The maximum Gasteiger partial charge on any atom is 0.268 e. The molecular weight excluding hydrogens is 248 g/mol. The maximum atomic E-state index is 12.1. The molecule has 0 fully saturated rings. The van der Waals surface area contributed by atoms with Crippen molar-refractivity contribution in [3.8, 4) is 17.2 Å². The molecule has 1 heterocycles. The van der Waals surface area contributed by atoms with E-state index < -0.39 is 0 Å². The summed E-state index contributed by atoms with van der Waals surface area (Å²) in [5.41, 5.74) is 3.80. The molecule has 0 radical (unpaired) electrons. The zero-order valence-electron chi connectivity index (χ0n) is 12.3. The molecule has 0 N–H and O–H groups in total. The van der Waals surface area contributed by atoms with Crippen molar-refractivity contribution >= 4 is 0 Å². The fraction of sp³-hybridized carbons (Fsp3) is 0.294. The van der Waals surface area contributed by atoms with Crippen molar-refractivity contribution in [2.45, 2.75) is 26.7 Å². The summed E-state index contributed by atoms with van der Waals surface area (Å²) in [6, 6.07) is 10.1. The van der Waals surface area contributed by atoms with E-state index in [1.165, 1.54) is 10.1 Å². The Morgan fingerprint density at radius 2 is 1.80 bits per heavy atom. The van der Waals surface area contributed by atoms with Crippen molar-refractivity contribution in [2.75, 3.05) is 0 Å². The van der Waals surface area contributed by atoms with Crippen LogP contribution in [0, 0.1) is 18.3 Å². The van der Waals surface area contributed by atoms with Crippen LogP contribution in [0.25, 0.3) is 11.1 Å². The van der Waals surface area contributed by atoms with E-state index in [0.29, 0.717) is 5.92 Å². The Labute approximate surface area is 119 Å². The van der Waals surface area contributed by atoms with E-state index in [1.54, 1.807) is 13.2 Å². The van der Waals surface area contributed by atoms with Crippen molar-refractivity contribution in [1.82, 2.24) is 4.57 Å². The second-order valence-electron chi connectivity index (χ2n) is 5.37. The summed E-state index contributed by atoms with van der Waals surface area (Å²) in [6.45, 7) is 6.20. The summed E-state index contributed by atoms with van der Waals surface area (Å²) in [7, 11) is 1.67. The molecule has 1 aromatic heterocycles. The Bertz CT molecular complexity index is 731. The Morgan fingerprint density at radius 3 is 2.30 bits per heavy atom. The predicted octanol–water partition coefficient (Wildman–Crippen LogP) is 3.36. The minimum absolute atomic E-state index is 0.213. The molecule has 3 nitrogen and oxygen atoms in total. The highest BCUT2D eigenvalue weighted by Crippen LogP contribution is 2.26. The minimum atomic E-state index is -0.249. The van der Waals surface area contributed by atoms with Gasteiger partial charge in [0.25, 0.3) is 5.56 Å². The lowest BCUT2D eigenvalue weighted by atomic mass is 9.94. The molecule has 0 atom stereocenters. The van der Waals surface area contributed by atoms with Crippen LogP contribution in [0.4, 0.5) is 0 Å². The van der Waals surface area contributed by atoms with E-state index in [1.807, 2.05) is 25.1 Å². The summed E-state index contributed by atoms with van der Waals surface area (Å²) in [5, 5.41) is 9.29. The smallest absolute Gasteiger partial charge is 0.268 e. The number of hydrogen-bond donors (Lipinski definition) is 0. The van der Waals surface area contributed by atoms with E-state index >= 15 is 0 Å². The van der Waals surface area contributed by atoms with Gasteiger partial charge < -0.3 is 4.57 Å². The van der Waals surface area contributed by atoms with Gasteiger partial charge in [-0.2, -0.15) is 5.26 Å². The van der Waals surface area contributed by atoms with Crippen molar-refractivity contribution in [3.05, 3.63) is 57.5 Å². The molecule has 0 bridgehead atoms. The van der Waals surface area contributed by atoms with Gasteiger partial charge in [0, 0.05) is 18.8 Å². The SMILES string of the molecule is Cc1cn(C)c(=O)c(C#N)c1-c1ccc(C(C)C)cc1. The van der Waals surface area contributed by atoms with E-state index in [-0.39, 0.29) is 11.1 Å². The zero-order chi connectivity index (χ0) is 14.9. The fourth-order valence-corrected chi connectivity index (χ4v) is 2.40. The normalized spacial score (nSPS) is 10.6. The van der Waals surface area contributed by atoms with Crippen molar-refractivity contribution in [1.29, 1.82) is 5.26 Å². The highest BCUT2D eigenvalue weighted by Gasteiger charge is 2.14. The lowest BCUT2D eigenvalue weighted by molar-refractivity contribution is 0.848. The van der Waals surface area contributed by atoms with E-state index in [0.717, 1.165) is 16.7 Å². The van der Waals surface area contributed by atoms with E-state index in [4.69, 9.17) is 0 Å². The Hall–Kier alpha value is -2.34. The molecule has 0 spiro atoms. The standard InChI is InChI=1S/C17H18N2O/c1-11(2)13-5-7-14(8-6-13)16-12(3)10-19(4)17(20)15(16)9-18/h5-8,10-11H,1-4H3. The van der Waals surface area contributed by atoms with Gasteiger partial charge in [-0.15, -0.1) is 0 Å². The molecule has 2 aromatic rings. The van der Waals surface area contributed by atoms with Crippen LogP contribution in [0.1, 0.15) is 36.5 Å². The first-order chi connectivity index (χ1) is 9.45. The molecular formula is C17H18N2O. The van der Waals surface area contributed by atoms with Gasteiger partial charge in [-0.1, -0.05) is 38.1 Å². The van der Waals surface area contributed by atoms with Crippen molar-refractivity contribution in [3.63, 3.8) is 0 Å². The third kappa shape index (κ3) is 2.37. The molecule has 20 heavy (non-hydrogen) atoms. The second-order valence-corrected chi connectivity index (χ2v) is 5.37. The van der Waals surface area contributed by atoms with Gasteiger partial charge in [-0.3, -0.25) is 4.79 Å². The van der Waals surface area contributed by atoms with Gasteiger partial charge in [0.1, 0.15) is 11.6 Å². The highest BCUT2D eigenvalue weighted by molar-refractivity contribution is 5.73. The zero-order valence-corrected chi connectivity index (χ0v) is 12.3. The van der Waals surface area contributed by atoms with Crippen LogP contribution in [0.2, 0.25) is 0 Å². The molecule has 1 aromatic carbocycles. The van der Waals surface area contributed by atoms with Gasteiger partial charge >= 0.3 is 0 Å². The largest absolute Gasteiger partial charge is 0.317 e. The van der Waals surface area contributed by atoms with E-state index in [2.05, 4.69) is 26.0 Å². The molecule has 0 aliphatic carbocycles. The van der Waals surface area contributed by atoms with Crippen LogP contribution in [0.5, 0.6) is 0 Å². The number of nitrogens with zero attached hydrogens (tertiary/aromatic N) is 2. The van der Waals surface area contributed by atoms with Crippen molar-refractivity contribution in [2.24, 2.45) is 7.05 Å². The fourth-order valence-electron chi connectivity index (χ4n) is 2.40. The van der Waals surface area contributed by atoms with Crippen LogP contribution in [-0.2, 0) is 7.05 Å². The minimum Gasteiger partial charge on any atom is -0.317 e. The number of rotatable bonds is 2. The molecule has 3 heteroatoms. The van der Waals surface area contributed by atoms with Crippen LogP contribution in [0.3, 0.4) is 0 Å². The number of pyridine rings is 1. The summed E-state index contributed by atoms with van der Waals surface area (Å²) in [5.74, 6) is 0.462. The van der Waals surface area contributed by atoms with Gasteiger partial charge in [0.15, 0.2) is 0 Å². The summed E-state index contributed by atoms with van der Waals surface area (Å²) >= 11 is 0. The summed E-state index contributed by atoms with van der Waals surface area (Å²) in [6.07, 6.45) is 1.77. The molecule has 0 saturated heterocycles. The molecule has 102 valence electrons. The van der Waals surface area contributed by atoms with Gasteiger partial charge in [0.05, 0.1) is 0 Å². The average Bonchev–Trinajstić information content (AvgIpc) is 2.42. The summed E-state index contributed by atoms with van der Waals surface area (Å²) in [4.78, 5) is 12.1. The van der Waals surface area contributed by atoms with Gasteiger partial charge in [0.2, 0.25) is 0 Å². The molecule has 0 amide bonds. The first kappa shape index (κ1) is 14.1. The lowest BCUT2D eigenvalue weighted by Crippen LogP contribution is -2.20. The van der Waals surface area contributed by atoms with Gasteiger partial charge in [-0.05, 0) is 29.5 Å². The van der Waals surface area contributed by atoms with Crippen LogP contribution < -0.4 is 5.56 Å². The number of hydrogen-bond acceptors (Lipinski definition) is 2. The van der Waals surface area contributed by atoms with Gasteiger partial charge in [-0.25, -0.2) is 0 Å². The van der Waals surface area contributed by atoms with Crippen LogP contribution in [-0.4, -0.2) is 4.57 Å². The molecule has 2 rings (SSSR count). The Balaban J connectivity index is 2.67. The third-order valence-electron chi connectivity index (χ3n) is 3.54. The monoisotopic (exact) mass is 266 g/mol. The third-order valence-corrected chi connectivity index (χ3v) is 3.54. The molecule has 0 saturated carbocycles.